The molecule has 1 aliphatic heterocycles. The van der Waals surface area contributed by atoms with Crippen molar-refractivity contribution in [2.24, 2.45) is 0 Å². The van der Waals surface area contributed by atoms with Gasteiger partial charge in [0.15, 0.2) is 17.7 Å². The van der Waals surface area contributed by atoms with E-state index in [-0.39, 0.29) is 24.7 Å². The molecule has 1 aromatic heterocycles. The molecule has 0 radical (unpaired) electrons. The van der Waals surface area contributed by atoms with Gasteiger partial charge in [0.2, 0.25) is 0 Å². The van der Waals surface area contributed by atoms with E-state index < -0.39 is 6.10 Å². The highest BCUT2D eigenvalue weighted by atomic mass is 16.5. The molecule has 6 heteroatoms. The highest BCUT2D eigenvalue weighted by molar-refractivity contribution is 5.96. The number of aromatic nitrogens is 1. The lowest BCUT2D eigenvalue weighted by atomic mass is 10.1. The van der Waals surface area contributed by atoms with Gasteiger partial charge in [-0.1, -0.05) is 0 Å². The highest BCUT2D eigenvalue weighted by Gasteiger charge is 2.28. The summed E-state index contributed by atoms with van der Waals surface area (Å²) in [6.07, 6.45) is 1.32. The van der Waals surface area contributed by atoms with Gasteiger partial charge in [-0.05, 0) is 12.1 Å². The lowest BCUT2D eigenvalue weighted by Gasteiger charge is -2.24. The normalized spacial score (nSPS) is 17.7. The molecule has 0 bridgehead atoms. The van der Waals surface area contributed by atoms with Gasteiger partial charge in [-0.25, -0.2) is 4.98 Å². The molecule has 0 spiro atoms. The lowest BCUT2D eigenvalue weighted by molar-refractivity contribution is -0.141. The van der Waals surface area contributed by atoms with Crippen molar-refractivity contribution >= 4 is 17.7 Å². The summed E-state index contributed by atoms with van der Waals surface area (Å²) in [5.74, 6) is 0.271. The van der Waals surface area contributed by atoms with Crippen molar-refractivity contribution in [1.29, 1.82) is 0 Å². The molecule has 17 heavy (non-hydrogen) atoms. The van der Waals surface area contributed by atoms with E-state index in [4.69, 9.17) is 4.74 Å². The smallest absolute Gasteiger partial charge is 0.305 e. The van der Waals surface area contributed by atoms with Gasteiger partial charge >= 0.3 is 5.97 Å². The van der Waals surface area contributed by atoms with Crippen LogP contribution in [0, 0.1) is 0 Å². The zero-order valence-corrected chi connectivity index (χ0v) is 9.30. The van der Waals surface area contributed by atoms with Gasteiger partial charge in [-0.2, -0.15) is 0 Å². The van der Waals surface area contributed by atoms with Crippen LogP contribution in [0.3, 0.4) is 0 Å². The monoisotopic (exact) mass is 236 g/mol. The Hall–Kier alpha value is -2.11. The van der Waals surface area contributed by atoms with Crippen molar-refractivity contribution in [2.75, 3.05) is 12.4 Å². The molecule has 1 aliphatic rings. The maximum atomic E-state index is 11.6. The molecule has 2 rings (SSSR count). The minimum atomic E-state index is -0.675. The second kappa shape index (κ2) is 4.82. The Morgan fingerprint density at radius 2 is 2.47 bits per heavy atom. The van der Waals surface area contributed by atoms with Crippen LogP contribution < -0.4 is 10.1 Å². The van der Waals surface area contributed by atoms with E-state index in [2.05, 4.69) is 15.0 Å². The number of hydrogen-bond acceptors (Lipinski definition) is 5. The molecule has 2 heterocycles. The van der Waals surface area contributed by atoms with Crippen LogP contribution in [0.15, 0.2) is 18.3 Å². The van der Waals surface area contributed by atoms with Crippen molar-refractivity contribution in [1.82, 2.24) is 4.98 Å². The molecule has 0 aliphatic carbocycles. The predicted molar refractivity (Wildman–Crippen MR) is 58.5 cm³/mol. The Morgan fingerprint density at radius 1 is 1.65 bits per heavy atom. The number of methoxy groups -OCH3 is 1. The van der Waals surface area contributed by atoms with Gasteiger partial charge < -0.3 is 14.8 Å². The average Bonchev–Trinajstić information content (AvgIpc) is 2.35. The number of carbonyl (C=O) groups excluding carboxylic acids is 2. The molecule has 0 aromatic carbocycles. The number of esters is 1. The number of carbonyl (C=O) groups is 2. The first-order valence-corrected chi connectivity index (χ1v) is 5.20. The Morgan fingerprint density at radius 3 is 3.24 bits per heavy atom. The van der Waals surface area contributed by atoms with Gasteiger partial charge in [-0.15, -0.1) is 0 Å². The molecule has 1 unspecified atom stereocenters. The third-order valence-electron chi connectivity index (χ3n) is 2.41. The number of nitrogens with one attached hydrogen (secondary N) is 1. The molecule has 0 fully saturated rings. The summed E-state index contributed by atoms with van der Waals surface area (Å²) in [6.45, 7) is 0. The summed E-state index contributed by atoms with van der Waals surface area (Å²) >= 11 is 0. The SMILES string of the molecule is COC(=O)CCC1Oc2cccnc2NC1=O. The number of hydrogen-bond donors (Lipinski definition) is 1. The summed E-state index contributed by atoms with van der Waals surface area (Å²) < 4.78 is 9.96. The quantitative estimate of drug-likeness (QED) is 0.783. The fourth-order valence-corrected chi connectivity index (χ4v) is 1.52. The number of pyridine rings is 1. The standard InChI is InChI=1S/C11H12N2O4/c1-16-9(14)5-4-8-11(15)13-10-7(17-8)3-2-6-12-10/h2-3,6,8H,4-5H2,1H3,(H,12,13,15). The van der Waals surface area contributed by atoms with E-state index >= 15 is 0 Å². The number of amides is 1. The highest BCUT2D eigenvalue weighted by Crippen LogP contribution is 2.27. The maximum Gasteiger partial charge on any atom is 0.305 e. The molecule has 1 N–H and O–H groups in total. The van der Waals surface area contributed by atoms with Crippen LogP contribution >= 0.6 is 0 Å². The van der Waals surface area contributed by atoms with Crippen LogP contribution in [-0.4, -0.2) is 30.1 Å². The molecule has 1 amide bonds. The number of anilines is 1. The topological polar surface area (TPSA) is 77.5 Å². The lowest BCUT2D eigenvalue weighted by Crippen LogP contribution is -2.37. The zero-order chi connectivity index (χ0) is 12.3. The first-order valence-electron chi connectivity index (χ1n) is 5.20. The van der Waals surface area contributed by atoms with Gasteiger partial charge in [0.05, 0.1) is 7.11 Å². The van der Waals surface area contributed by atoms with E-state index in [0.717, 1.165) is 0 Å². The van der Waals surface area contributed by atoms with Crippen LogP contribution in [0.2, 0.25) is 0 Å². The Kier molecular flexibility index (Phi) is 3.22. The first kappa shape index (κ1) is 11.4. The molecule has 0 saturated carbocycles. The van der Waals surface area contributed by atoms with Crippen molar-refractivity contribution in [3.05, 3.63) is 18.3 Å². The molecular weight excluding hydrogens is 224 g/mol. The summed E-state index contributed by atoms with van der Waals surface area (Å²) in [6, 6.07) is 3.43. The van der Waals surface area contributed by atoms with Crippen LogP contribution in [0.4, 0.5) is 5.82 Å². The molecule has 6 nitrogen and oxygen atoms in total. The minimum Gasteiger partial charge on any atom is -0.477 e. The van der Waals surface area contributed by atoms with Gasteiger partial charge in [0.25, 0.3) is 5.91 Å². The second-order valence-electron chi connectivity index (χ2n) is 3.56. The summed E-state index contributed by atoms with van der Waals surface area (Å²) in [5, 5.41) is 2.62. The van der Waals surface area contributed by atoms with E-state index in [1.165, 1.54) is 7.11 Å². The van der Waals surface area contributed by atoms with Gasteiger partial charge in [0.1, 0.15) is 0 Å². The van der Waals surface area contributed by atoms with Crippen molar-refractivity contribution < 1.29 is 19.1 Å². The molecular formula is C11H12N2O4. The summed E-state index contributed by atoms with van der Waals surface area (Å²) in [5.41, 5.74) is 0. The van der Waals surface area contributed by atoms with E-state index in [9.17, 15) is 9.59 Å². The third kappa shape index (κ3) is 2.52. The average molecular weight is 236 g/mol. The number of nitrogens with zero attached hydrogens (tertiary/aromatic N) is 1. The fourth-order valence-electron chi connectivity index (χ4n) is 1.52. The van der Waals surface area contributed by atoms with Crippen molar-refractivity contribution in [3.8, 4) is 5.75 Å². The predicted octanol–water partition coefficient (Wildman–Crippen LogP) is 0.734. The first-order chi connectivity index (χ1) is 8.20. The maximum absolute atomic E-state index is 11.6. The molecule has 0 saturated heterocycles. The van der Waals surface area contributed by atoms with Crippen LogP contribution in [0.25, 0.3) is 0 Å². The Balaban J connectivity index is 2.02. The van der Waals surface area contributed by atoms with Gasteiger partial charge in [0, 0.05) is 19.0 Å². The van der Waals surface area contributed by atoms with Crippen molar-refractivity contribution in [3.63, 3.8) is 0 Å². The number of rotatable bonds is 3. The molecule has 1 aromatic rings. The second-order valence-corrected chi connectivity index (χ2v) is 3.56. The van der Waals surface area contributed by atoms with Crippen LogP contribution in [0.1, 0.15) is 12.8 Å². The molecule has 90 valence electrons. The van der Waals surface area contributed by atoms with E-state index in [1.807, 2.05) is 0 Å². The van der Waals surface area contributed by atoms with Crippen LogP contribution in [-0.2, 0) is 14.3 Å². The summed E-state index contributed by atoms with van der Waals surface area (Å²) in [7, 11) is 1.31. The molecule has 1 atom stereocenters. The Labute approximate surface area is 97.9 Å². The fraction of sp³-hybridized carbons (Fsp3) is 0.364. The van der Waals surface area contributed by atoms with Crippen molar-refractivity contribution in [2.45, 2.75) is 18.9 Å². The van der Waals surface area contributed by atoms with Crippen LogP contribution in [0.5, 0.6) is 5.75 Å². The summed E-state index contributed by atoms with van der Waals surface area (Å²) in [4.78, 5) is 26.6. The Bertz CT molecular complexity index is 447. The van der Waals surface area contributed by atoms with E-state index in [0.29, 0.717) is 11.6 Å². The zero-order valence-electron chi connectivity index (χ0n) is 9.30. The third-order valence-corrected chi connectivity index (χ3v) is 2.41. The number of ether oxygens (including phenoxy) is 2. The van der Waals surface area contributed by atoms with E-state index in [1.54, 1.807) is 18.3 Å². The largest absolute Gasteiger partial charge is 0.477 e. The van der Waals surface area contributed by atoms with Gasteiger partial charge in [-0.3, -0.25) is 9.59 Å². The minimum absolute atomic E-state index is 0.143. The number of fused-ring (bicyclic) bond motifs is 1.